The molecule has 0 radical (unpaired) electrons. The maximum atomic E-state index is 13.2. The molecule has 42 heavy (non-hydrogen) atoms. The molecule has 1 aliphatic rings. The second kappa shape index (κ2) is 9.27. The molecule has 0 saturated heterocycles. The summed E-state index contributed by atoms with van der Waals surface area (Å²) < 4.78 is 11.6. The van der Waals surface area contributed by atoms with Crippen LogP contribution in [0, 0.1) is 0 Å². The van der Waals surface area contributed by atoms with E-state index in [0.717, 1.165) is 36.4 Å². The number of Topliss-reactive ketones (excluding diaryl/α,β-unsaturated/α-hetero) is 1. The Bertz CT molecular complexity index is 2020. The van der Waals surface area contributed by atoms with Gasteiger partial charge in [-0.1, -0.05) is 6.07 Å². The van der Waals surface area contributed by atoms with Crippen molar-refractivity contribution in [2.24, 2.45) is 0 Å². The van der Waals surface area contributed by atoms with E-state index in [9.17, 15) is 50.4 Å². The van der Waals surface area contributed by atoms with E-state index in [1.54, 1.807) is 0 Å². The van der Waals surface area contributed by atoms with Gasteiger partial charge in [0, 0.05) is 41.0 Å². The molecule has 0 fully saturated rings. The van der Waals surface area contributed by atoms with Gasteiger partial charge < -0.3 is 50.0 Å². The van der Waals surface area contributed by atoms with Gasteiger partial charge in [0.25, 0.3) is 0 Å². The highest BCUT2D eigenvalue weighted by Crippen LogP contribution is 2.52. The number of benzene rings is 4. The van der Waals surface area contributed by atoms with E-state index in [0.29, 0.717) is 0 Å². The minimum Gasteiger partial charge on any atom is -0.508 e. The molecule has 12 heteroatoms. The number of phenols is 8. The van der Waals surface area contributed by atoms with Crippen LogP contribution < -0.4 is 10.2 Å². The van der Waals surface area contributed by atoms with Crippen LogP contribution in [0.15, 0.2) is 63.8 Å². The smallest absolute Gasteiger partial charge is 0.197 e. The molecule has 1 atom stereocenters. The number of rotatable bonds is 3. The Labute approximate surface area is 234 Å². The Hall–Kier alpha value is -6.04. The molecule has 6 rings (SSSR count). The molecular weight excluding hydrogens is 552 g/mol. The number of hydrogen-bond donors (Lipinski definition) is 8. The van der Waals surface area contributed by atoms with E-state index in [-0.39, 0.29) is 51.5 Å². The molecule has 1 aromatic heterocycles. The number of hydrogen-bond acceptors (Lipinski definition) is 12. The van der Waals surface area contributed by atoms with Gasteiger partial charge in [0.15, 0.2) is 34.2 Å². The van der Waals surface area contributed by atoms with Gasteiger partial charge in [-0.05, 0) is 24.3 Å². The third-order valence-electron chi connectivity index (χ3n) is 7.00. The van der Waals surface area contributed by atoms with E-state index in [1.165, 1.54) is 18.2 Å². The first kappa shape index (κ1) is 26.2. The lowest BCUT2D eigenvalue weighted by Gasteiger charge is -2.28. The minimum atomic E-state index is -1.19. The monoisotopic (exact) mass is 572 g/mol. The van der Waals surface area contributed by atoms with Crippen LogP contribution in [0.3, 0.4) is 0 Å². The quantitative estimate of drug-likeness (QED) is 0.140. The van der Waals surface area contributed by atoms with Crippen LogP contribution in [-0.2, 0) is 0 Å². The molecule has 0 amide bonds. The molecule has 1 aliphatic heterocycles. The zero-order chi connectivity index (χ0) is 30.0. The number of phenolic OH excluding ortho intramolecular Hbond substituents is 8. The van der Waals surface area contributed by atoms with Gasteiger partial charge >= 0.3 is 0 Å². The Kier molecular flexibility index (Phi) is 5.78. The van der Waals surface area contributed by atoms with Crippen molar-refractivity contribution in [2.45, 2.75) is 12.5 Å². The molecule has 8 N–H and O–H groups in total. The number of ether oxygens (including phenoxy) is 1. The van der Waals surface area contributed by atoms with E-state index < -0.39 is 68.5 Å². The summed E-state index contributed by atoms with van der Waals surface area (Å²) in [5.74, 6) is -5.51. The second-order valence-electron chi connectivity index (χ2n) is 9.64. The average molecular weight is 572 g/mol. The van der Waals surface area contributed by atoms with Gasteiger partial charge in [0.2, 0.25) is 0 Å². The van der Waals surface area contributed by atoms with Gasteiger partial charge in [0.1, 0.15) is 57.1 Å². The second-order valence-corrected chi connectivity index (χ2v) is 9.64. The molecule has 1 unspecified atom stereocenters. The first-order chi connectivity index (χ1) is 19.9. The third kappa shape index (κ3) is 4.01. The minimum absolute atomic E-state index is 0.0117. The predicted molar refractivity (Wildman–Crippen MR) is 145 cm³/mol. The van der Waals surface area contributed by atoms with Gasteiger partial charge in [0.05, 0.1) is 12.0 Å². The number of carbonyl (C=O) groups excluding carboxylic acids is 1. The van der Waals surface area contributed by atoms with Crippen LogP contribution in [0.5, 0.6) is 51.7 Å². The average Bonchev–Trinajstić information content (AvgIpc) is 2.91. The molecule has 0 spiro atoms. The molecule has 0 bridgehead atoms. The Morgan fingerprint density at radius 3 is 2.10 bits per heavy atom. The third-order valence-corrected chi connectivity index (χ3v) is 7.00. The number of carbonyl (C=O) groups is 1. The van der Waals surface area contributed by atoms with Crippen molar-refractivity contribution in [2.75, 3.05) is 0 Å². The van der Waals surface area contributed by atoms with Crippen molar-refractivity contribution < 1.29 is 54.8 Å². The largest absolute Gasteiger partial charge is 0.508 e. The van der Waals surface area contributed by atoms with E-state index in [1.807, 2.05) is 0 Å². The van der Waals surface area contributed by atoms with Crippen LogP contribution in [0.25, 0.3) is 33.4 Å². The lowest BCUT2D eigenvalue weighted by Crippen LogP contribution is -2.21. The van der Waals surface area contributed by atoms with Gasteiger partial charge in [-0.3, -0.25) is 9.59 Å². The topological polar surface area (TPSA) is 218 Å². The number of aromatic hydroxyl groups is 8. The maximum absolute atomic E-state index is 13.2. The van der Waals surface area contributed by atoms with Crippen molar-refractivity contribution >= 4 is 16.8 Å². The highest BCUT2D eigenvalue weighted by molar-refractivity contribution is 6.03. The van der Waals surface area contributed by atoms with Crippen LogP contribution in [0.4, 0.5) is 0 Å². The normalized spacial score (nSPS) is 14.5. The first-order valence-corrected chi connectivity index (χ1v) is 12.3. The van der Waals surface area contributed by atoms with Crippen LogP contribution >= 0.6 is 0 Å². The Morgan fingerprint density at radius 1 is 0.643 bits per heavy atom. The summed E-state index contributed by atoms with van der Waals surface area (Å²) in [6, 6.07) is 10.2. The molecule has 4 aromatic carbocycles. The molecule has 5 aromatic rings. The van der Waals surface area contributed by atoms with Gasteiger partial charge in [-0.2, -0.15) is 0 Å². The lowest BCUT2D eigenvalue weighted by atomic mass is 9.88. The fourth-order valence-electron chi connectivity index (χ4n) is 5.08. The first-order valence-electron chi connectivity index (χ1n) is 12.3. The lowest BCUT2D eigenvalue weighted by molar-refractivity contribution is 0.0845. The number of fused-ring (bicyclic) bond motifs is 2. The van der Waals surface area contributed by atoms with Crippen LogP contribution in [0.1, 0.15) is 28.4 Å². The van der Waals surface area contributed by atoms with Crippen LogP contribution in [-0.4, -0.2) is 46.6 Å². The summed E-state index contributed by atoms with van der Waals surface area (Å²) in [5, 5.41) is 82.5. The van der Waals surface area contributed by atoms with E-state index in [2.05, 4.69) is 0 Å². The molecule has 2 heterocycles. The summed E-state index contributed by atoms with van der Waals surface area (Å²) in [7, 11) is 0. The maximum Gasteiger partial charge on any atom is 0.197 e. The summed E-state index contributed by atoms with van der Waals surface area (Å²) >= 11 is 0. The molecule has 0 aliphatic carbocycles. The molecule has 212 valence electrons. The molecular formula is C30H20O12. The Morgan fingerprint density at radius 2 is 1.36 bits per heavy atom. The molecule has 12 nitrogen and oxygen atoms in total. The van der Waals surface area contributed by atoms with Crippen molar-refractivity contribution in [3.8, 4) is 74.2 Å². The van der Waals surface area contributed by atoms with Crippen molar-refractivity contribution in [1.29, 1.82) is 0 Å². The standard InChI is InChI=1S/C30H20O12/c31-12-6-17(35)26-18(36)9-22(42-23(26)7-12)13-2-4-15(33)29(39)25(13)28-20(38)10-24-27(30(28)40)19(37)8-21(41-24)11-1-3-14(32)16(34)5-11/h1-8,10,22,31-35,38-40H,9H2. The van der Waals surface area contributed by atoms with Crippen molar-refractivity contribution in [1.82, 2.24) is 0 Å². The van der Waals surface area contributed by atoms with Gasteiger partial charge in [-0.15, -0.1) is 0 Å². The van der Waals surface area contributed by atoms with E-state index >= 15 is 0 Å². The summed E-state index contributed by atoms with van der Waals surface area (Å²) in [6.45, 7) is 0. The van der Waals surface area contributed by atoms with Crippen molar-refractivity contribution in [3.63, 3.8) is 0 Å². The summed E-state index contributed by atoms with van der Waals surface area (Å²) in [4.78, 5) is 26.1. The zero-order valence-electron chi connectivity index (χ0n) is 21.2. The van der Waals surface area contributed by atoms with Gasteiger partial charge in [-0.25, -0.2) is 0 Å². The SMILES string of the molecule is O=C1CC(c2ccc(O)c(O)c2-c2c(O)cc3oc(-c4ccc(O)c(O)c4)cc(=O)c3c2O)Oc2cc(O)cc(O)c21. The Balaban J connectivity index is 1.54. The van der Waals surface area contributed by atoms with E-state index in [4.69, 9.17) is 9.15 Å². The highest BCUT2D eigenvalue weighted by atomic mass is 16.5. The van der Waals surface area contributed by atoms with Crippen LogP contribution in [0.2, 0.25) is 0 Å². The number of ketones is 1. The van der Waals surface area contributed by atoms with Crippen molar-refractivity contribution in [3.05, 3.63) is 75.9 Å². The predicted octanol–water partition coefficient (Wildman–Crippen LogP) is 4.48. The molecule has 0 saturated carbocycles. The fraction of sp³-hybridized carbons (Fsp3) is 0.0667. The highest BCUT2D eigenvalue weighted by Gasteiger charge is 2.35. The summed E-state index contributed by atoms with van der Waals surface area (Å²) in [6.07, 6.45) is -1.56. The summed E-state index contributed by atoms with van der Waals surface area (Å²) in [5.41, 5.74) is -1.83. The fourth-order valence-corrected chi connectivity index (χ4v) is 5.08. The zero-order valence-corrected chi connectivity index (χ0v) is 21.2.